The molecule has 2 aromatic rings. The van der Waals surface area contributed by atoms with Gasteiger partial charge in [-0.2, -0.15) is 0 Å². The lowest BCUT2D eigenvalue weighted by molar-refractivity contribution is 0.103. The van der Waals surface area contributed by atoms with Crippen molar-refractivity contribution in [1.29, 1.82) is 0 Å². The Morgan fingerprint density at radius 2 is 1.62 bits per heavy atom. The van der Waals surface area contributed by atoms with Crippen molar-refractivity contribution in [3.63, 3.8) is 0 Å². The Bertz CT molecular complexity index is 667. The smallest absolute Gasteiger partial charge is 0.196 e. The average Bonchev–Trinajstić information content (AvgIpc) is 2.53. The SMILES string of the molecule is COc1cccc(C(=O)c2cc(OC)c(OC)cc2F)c1. The van der Waals surface area contributed by atoms with E-state index in [0.717, 1.165) is 6.07 Å². The molecule has 0 atom stereocenters. The van der Waals surface area contributed by atoms with Crippen molar-refractivity contribution < 1.29 is 23.4 Å². The minimum absolute atomic E-state index is 0.0825. The van der Waals surface area contributed by atoms with Crippen LogP contribution >= 0.6 is 0 Å². The van der Waals surface area contributed by atoms with Crippen LogP contribution in [0, 0.1) is 5.82 Å². The zero-order chi connectivity index (χ0) is 15.4. The molecule has 0 fully saturated rings. The monoisotopic (exact) mass is 290 g/mol. The van der Waals surface area contributed by atoms with Crippen molar-refractivity contribution >= 4 is 5.78 Å². The van der Waals surface area contributed by atoms with E-state index in [9.17, 15) is 9.18 Å². The molecule has 0 aliphatic carbocycles. The predicted octanol–water partition coefficient (Wildman–Crippen LogP) is 3.08. The molecule has 0 aliphatic heterocycles. The maximum Gasteiger partial charge on any atom is 0.196 e. The molecule has 0 aromatic heterocycles. The van der Waals surface area contributed by atoms with Gasteiger partial charge in [-0.05, 0) is 18.2 Å². The summed E-state index contributed by atoms with van der Waals surface area (Å²) in [4.78, 5) is 12.4. The van der Waals surface area contributed by atoms with Crippen LogP contribution < -0.4 is 14.2 Å². The maximum atomic E-state index is 14.1. The molecule has 0 unspecified atom stereocenters. The summed E-state index contributed by atoms with van der Waals surface area (Å²) in [5.74, 6) is -0.0584. The molecule has 0 radical (unpaired) electrons. The Balaban J connectivity index is 2.47. The van der Waals surface area contributed by atoms with Gasteiger partial charge >= 0.3 is 0 Å². The van der Waals surface area contributed by atoms with Crippen molar-refractivity contribution in [3.8, 4) is 17.2 Å². The number of rotatable bonds is 5. The molecular weight excluding hydrogens is 275 g/mol. The van der Waals surface area contributed by atoms with Crippen LogP contribution in [-0.2, 0) is 0 Å². The lowest BCUT2D eigenvalue weighted by atomic mass is 10.0. The molecule has 0 aliphatic rings. The number of halogens is 1. The van der Waals surface area contributed by atoms with Gasteiger partial charge in [0.05, 0.1) is 26.9 Å². The van der Waals surface area contributed by atoms with Gasteiger partial charge in [-0.15, -0.1) is 0 Å². The van der Waals surface area contributed by atoms with Gasteiger partial charge in [-0.1, -0.05) is 12.1 Å². The Kier molecular flexibility index (Phi) is 4.42. The van der Waals surface area contributed by atoms with Gasteiger partial charge < -0.3 is 14.2 Å². The molecule has 110 valence electrons. The molecule has 0 amide bonds. The third kappa shape index (κ3) is 2.97. The Morgan fingerprint density at radius 3 is 2.24 bits per heavy atom. The summed E-state index contributed by atoms with van der Waals surface area (Å²) < 4.78 is 29.2. The number of hydrogen-bond donors (Lipinski definition) is 0. The van der Waals surface area contributed by atoms with Gasteiger partial charge in [0.15, 0.2) is 17.3 Å². The van der Waals surface area contributed by atoms with Crippen molar-refractivity contribution in [1.82, 2.24) is 0 Å². The molecular formula is C16H15FO4. The largest absolute Gasteiger partial charge is 0.497 e. The number of ketones is 1. The van der Waals surface area contributed by atoms with Gasteiger partial charge in [0.25, 0.3) is 0 Å². The van der Waals surface area contributed by atoms with Crippen LogP contribution in [0.2, 0.25) is 0 Å². The highest BCUT2D eigenvalue weighted by molar-refractivity contribution is 6.09. The fraction of sp³-hybridized carbons (Fsp3) is 0.188. The normalized spacial score (nSPS) is 10.1. The summed E-state index contributed by atoms with van der Waals surface area (Å²) in [7, 11) is 4.33. The summed E-state index contributed by atoms with van der Waals surface area (Å²) in [6.07, 6.45) is 0. The topological polar surface area (TPSA) is 44.8 Å². The quantitative estimate of drug-likeness (QED) is 0.794. The van der Waals surface area contributed by atoms with Crippen LogP contribution in [0.3, 0.4) is 0 Å². The molecule has 0 saturated carbocycles. The molecule has 0 spiro atoms. The van der Waals surface area contributed by atoms with Gasteiger partial charge in [0, 0.05) is 11.6 Å². The molecule has 5 heteroatoms. The van der Waals surface area contributed by atoms with Crippen molar-refractivity contribution in [3.05, 3.63) is 53.3 Å². The summed E-state index contributed by atoms with van der Waals surface area (Å²) in [5, 5.41) is 0. The maximum absolute atomic E-state index is 14.1. The second-order valence-corrected chi connectivity index (χ2v) is 4.25. The highest BCUT2D eigenvalue weighted by Gasteiger charge is 2.18. The number of ether oxygens (including phenoxy) is 3. The first-order chi connectivity index (χ1) is 10.1. The van der Waals surface area contributed by atoms with Crippen LogP contribution in [0.1, 0.15) is 15.9 Å². The lowest BCUT2D eigenvalue weighted by Gasteiger charge is -2.10. The van der Waals surface area contributed by atoms with Crippen molar-refractivity contribution in [2.45, 2.75) is 0 Å². The van der Waals surface area contributed by atoms with Crippen LogP contribution in [0.15, 0.2) is 36.4 Å². The minimum Gasteiger partial charge on any atom is -0.497 e. The highest BCUT2D eigenvalue weighted by atomic mass is 19.1. The van der Waals surface area contributed by atoms with Gasteiger partial charge in [-0.25, -0.2) is 4.39 Å². The first-order valence-corrected chi connectivity index (χ1v) is 6.21. The lowest BCUT2D eigenvalue weighted by Crippen LogP contribution is -2.06. The molecule has 2 rings (SSSR count). The number of benzene rings is 2. The molecule has 2 aromatic carbocycles. The van der Waals surface area contributed by atoms with Gasteiger partial charge in [-0.3, -0.25) is 4.79 Å². The van der Waals surface area contributed by atoms with E-state index in [-0.39, 0.29) is 11.3 Å². The zero-order valence-electron chi connectivity index (χ0n) is 12.0. The van der Waals surface area contributed by atoms with Crippen LogP contribution in [0.4, 0.5) is 4.39 Å². The summed E-state index contributed by atoms with van der Waals surface area (Å²) in [6.45, 7) is 0. The fourth-order valence-electron chi connectivity index (χ4n) is 1.95. The number of hydrogen-bond acceptors (Lipinski definition) is 4. The third-order valence-corrected chi connectivity index (χ3v) is 3.05. The second kappa shape index (κ2) is 6.26. The van der Waals surface area contributed by atoms with E-state index in [1.54, 1.807) is 24.3 Å². The third-order valence-electron chi connectivity index (χ3n) is 3.05. The van der Waals surface area contributed by atoms with E-state index in [4.69, 9.17) is 14.2 Å². The van der Waals surface area contributed by atoms with Crippen molar-refractivity contribution in [2.24, 2.45) is 0 Å². The highest BCUT2D eigenvalue weighted by Crippen LogP contribution is 2.31. The first kappa shape index (κ1) is 14.8. The van der Waals surface area contributed by atoms with E-state index in [1.165, 1.54) is 27.4 Å². The standard InChI is InChI=1S/C16H15FO4/c1-19-11-6-4-5-10(7-11)16(18)12-8-14(20-2)15(21-3)9-13(12)17/h4-9H,1-3H3. The minimum atomic E-state index is -0.666. The number of carbonyl (C=O) groups is 1. The number of carbonyl (C=O) groups excluding carboxylic acids is 1. The van der Waals surface area contributed by atoms with Gasteiger partial charge in [0.1, 0.15) is 11.6 Å². The zero-order valence-corrected chi connectivity index (χ0v) is 12.0. The number of methoxy groups -OCH3 is 3. The van der Waals surface area contributed by atoms with E-state index in [2.05, 4.69) is 0 Å². The van der Waals surface area contributed by atoms with E-state index in [0.29, 0.717) is 17.1 Å². The molecule has 0 heterocycles. The Labute approximate surface area is 122 Å². The fourth-order valence-corrected chi connectivity index (χ4v) is 1.95. The molecule has 0 N–H and O–H groups in total. The average molecular weight is 290 g/mol. The van der Waals surface area contributed by atoms with Crippen LogP contribution in [0.5, 0.6) is 17.2 Å². The molecule has 21 heavy (non-hydrogen) atoms. The summed E-state index contributed by atoms with van der Waals surface area (Å²) in [5.41, 5.74) is 0.251. The summed E-state index contributed by atoms with van der Waals surface area (Å²) in [6, 6.07) is 8.99. The molecule has 0 saturated heterocycles. The van der Waals surface area contributed by atoms with Gasteiger partial charge in [0.2, 0.25) is 0 Å². The molecule has 4 nitrogen and oxygen atoms in total. The van der Waals surface area contributed by atoms with Crippen LogP contribution in [-0.4, -0.2) is 27.1 Å². The van der Waals surface area contributed by atoms with E-state index in [1.807, 2.05) is 0 Å². The van der Waals surface area contributed by atoms with E-state index >= 15 is 0 Å². The van der Waals surface area contributed by atoms with Crippen LogP contribution in [0.25, 0.3) is 0 Å². The molecule has 0 bridgehead atoms. The predicted molar refractivity (Wildman–Crippen MR) is 75.9 cm³/mol. The van der Waals surface area contributed by atoms with Crippen molar-refractivity contribution in [2.75, 3.05) is 21.3 Å². The first-order valence-electron chi connectivity index (χ1n) is 6.21. The second-order valence-electron chi connectivity index (χ2n) is 4.25. The Hall–Kier alpha value is -2.56. The van der Waals surface area contributed by atoms with E-state index < -0.39 is 11.6 Å². The summed E-state index contributed by atoms with van der Waals surface area (Å²) >= 11 is 0. The Morgan fingerprint density at radius 1 is 0.952 bits per heavy atom.